The van der Waals surface area contributed by atoms with E-state index < -0.39 is 0 Å². The van der Waals surface area contributed by atoms with Crippen LogP contribution in [-0.4, -0.2) is 18.3 Å². The van der Waals surface area contributed by atoms with Gasteiger partial charge in [0.1, 0.15) is 16.4 Å². The van der Waals surface area contributed by atoms with E-state index >= 15 is 0 Å². The fourth-order valence-corrected chi connectivity index (χ4v) is 1.52. The summed E-state index contributed by atoms with van der Waals surface area (Å²) in [7, 11) is 1.62. The third-order valence-electron chi connectivity index (χ3n) is 1.69. The van der Waals surface area contributed by atoms with Crippen LogP contribution in [0.15, 0.2) is 10.7 Å². The summed E-state index contributed by atoms with van der Waals surface area (Å²) >= 11 is 3.30. The Balaban J connectivity index is 2.96. The van der Waals surface area contributed by atoms with Crippen molar-refractivity contribution in [2.24, 2.45) is 0 Å². The topological polar surface area (TPSA) is 64.0 Å². The van der Waals surface area contributed by atoms with Crippen molar-refractivity contribution in [1.82, 2.24) is 4.57 Å². The molecule has 0 aliphatic carbocycles. The van der Waals surface area contributed by atoms with Gasteiger partial charge in [-0.05, 0) is 22.0 Å². The zero-order chi connectivity index (χ0) is 9.84. The van der Waals surface area contributed by atoms with Gasteiger partial charge in [-0.3, -0.25) is 0 Å². The molecule has 1 rings (SSSR count). The fraction of sp³-hybridized carbons (Fsp3) is 0.375. The summed E-state index contributed by atoms with van der Waals surface area (Å²) in [5.74, 6) is 0. The van der Waals surface area contributed by atoms with E-state index in [1.807, 2.05) is 0 Å². The Morgan fingerprint density at radius 2 is 2.46 bits per heavy atom. The molecule has 0 saturated carbocycles. The SMILES string of the molecule is COCCn1c(C#N)cc(N)c1Br. The van der Waals surface area contributed by atoms with E-state index in [1.54, 1.807) is 17.7 Å². The van der Waals surface area contributed by atoms with Gasteiger partial charge in [0.05, 0.1) is 12.3 Å². The van der Waals surface area contributed by atoms with Gasteiger partial charge in [0, 0.05) is 13.7 Å². The molecular formula is C8H10BrN3O. The average molecular weight is 244 g/mol. The lowest BCUT2D eigenvalue weighted by atomic mass is 10.4. The van der Waals surface area contributed by atoms with Gasteiger partial charge in [-0.15, -0.1) is 0 Å². The van der Waals surface area contributed by atoms with Crippen LogP contribution in [0.3, 0.4) is 0 Å². The van der Waals surface area contributed by atoms with Crippen LogP contribution < -0.4 is 5.73 Å². The second-order valence-corrected chi connectivity index (χ2v) is 3.28. The van der Waals surface area contributed by atoms with Crippen LogP contribution in [0.2, 0.25) is 0 Å². The monoisotopic (exact) mass is 243 g/mol. The van der Waals surface area contributed by atoms with Crippen molar-refractivity contribution < 1.29 is 4.74 Å². The highest BCUT2D eigenvalue weighted by atomic mass is 79.9. The molecule has 0 aliphatic heterocycles. The normalized spacial score (nSPS) is 9.92. The van der Waals surface area contributed by atoms with Gasteiger partial charge >= 0.3 is 0 Å². The van der Waals surface area contributed by atoms with E-state index in [0.717, 1.165) is 4.60 Å². The standard InChI is InChI=1S/C8H10BrN3O/c1-13-3-2-12-6(5-10)4-7(11)8(12)9/h4H,2-3,11H2,1H3. The largest absolute Gasteiger partial charge is 0.397 e. The zero-order valence-electron chi connectivity index (χ0n) is 7.25. The summed E-state index contributed by atoms with van der Waals surface area (Å²) in [5, 5.41) is 8.77. The van der Waals surface area contributed by atoms with Gasteiger partial charge in [0.15, 0.2) is 0 Å². The quantitative estimate of drug-likeness (QED) is 0.872. The molecule has 0 bridgehead atoms. The van der Waals surface area contributed by atoms with Crippen molar-refractivity contribution in [1.29, 1.82) is 5.26 Å². The zero-order valence-corrected chi connectivity index (χ0v) is 8.84. The number of halogens is 1. The van der Waals surface area contributed by atoms with Crippen molar-refractivity contribution in [3.8, 4) is 6.07 Å². The number of nitriles is 1. The van der Waals surface area contributed by atoms with E-state index in [9.17, 15) is 0 Å². The highest BCUT2D eigenvalue weighted by Gasteiger charge is 2.09. The Bertz CT molecular complexity index is 340. The molecular weight excluding hydrogens is 234 g/mol. The maximum Gasteiger partial charge on any atom is 0.123 e. The number of nitrogen functional groups attached to an aromatic ring is 1. The number of anilines is 1. The first-order valence-electron chi connectivity index (χ1n) is 3.74. The minimum absolute atomic E-state index is 0.543. The fourth-order valence-electron chi connectivity index (χ4n) is 1.04. The molecule has 13 heavy (non-hydrogen) atoms. The highest BCUT2D eigenvalue weighted by molar-refractivity contribution is 9.10. The van der Waals surface area contributed by atoms with Crippen molar-refractivity contribution in [3.05, 3.63) is 16.4 Å². The second kappa shape index (κ2) is 4.30. The van der Waals surface area contributed by atoms with Crippen molar-refractivity contribution in [2.75, 3.05) is 19.5 Å². The van der Waals surface area contributed by atoms with Crippen molar-refractivity contribution in [3.63, 3.8) is 0 Å². The lowest BCUT2D eigenvalue weighted by molar-refractivity contribution is 0.186. The van der Waals surface area contributed by atoms with E-state index in [4.69, 9.17) is 15.7 Å². The minimum atomic E-state index is 0.543. The summed E-state index contributed by atoms with van der Waals surface area (Å²) in [6.07, 6.45) is 0. The molecule has 0 radical (unpaired) electrons. The minimum Gasteiger partial charge on any atom is -0.397 e. The third kappa shape index (κ3) is 2.02. The summed E-state index contributed by atoms with van der Waals surface area (Å²) in [6, 6.07) is 3.70. The molecule has 2 N–H and O–H groups in total. The molecule has 1 heterocycles. The number of nitrogens with two attached hydrogens (primary N) is 1. The summed E-state index contributed by atoms with van der Waals surface area (Å²) < 4.78 is 7.43. The first-order chi connectivity index (χ1) is 6.20. The number of ether oxygens (including phenoxy) is 1. The predicted molar refractivity (Wildman–Crippen MR) is 53.1 cm³/mol. The molecule has 70 valence electrons. The van der Waals surface area contributed by atoms with Gasteiger partial charge in [-0.2, -0.15) is 5.26 Å². The Labute approximate surface area is 85.0 Å². The number of hydrogen-bond acceptors (Lipinski definition) is 3. The van der Waals surface area contributed by atoms with Crippen LogP contribution in [0.5, 0.6) is 0 Å². The lowest BCUT2D eigenvalue weighted by Gasteiger charge is -2.05. The van der Waals surface area contributed by atoms with Crippen LogP contribution in [0.4, 0.5) is 5.69 Å². The molecule has 5 heteroatoms. The maximum atomic E-state index is 8.77. The number of nitrogens with zero attached hydrogens (tertiary/aromatic N) is 2. The lowest BCUT2D eigenvalue weighted by Crippen LogP contribution is -2.06. The Kier molecular flexibility index (Phi) is 3.34. The molecule has 0 atom stereocenters. The van der Waals surface area contributed by atoms with Gasteiger partial charge in [-0.1, -0.05) is 0 Å². The van der Waals surface area contributed by atoms with E-state index in [0.29, 0.717) is 24.5 Å². The predicted octanol–water partition coefficient (Wildman–Crippen LogP) is 1.35. The molecule has 0 unspecified atom stereocenters. The number of rotatable bonds is 3. The summed E-state index contributed by atoms with van der Waals surface area (Å²) in [6.45, 7) is 1.18. The molecule has 0 fully saturated rings. The van der Waals surface area contributed by atoms with Crippen LogP contribution >= 0.6 is 15.9 Å². The maximum absolute atomic E-state index is 8.77. The first-order valence-corrected chi connectivity index (χ1v) is 4.53. The van der Waals surface area contributed by atoms with Gasteiger partial charge in [0.25, 0.3) is 0 Å². The van der Waals surface area contributed by atoms with E-state index in [-0.39, 0.29) is 0 Å². The smallest absolute Gasteiger partial charge is 0.123 e. The Morgan fingerprint density at radius 1 is 1.77 bits per heavy atom. The third-order valence-corrected chi connectivity index (χ3v) is 2.58. The van der Waals surface area contributed by atoms with Crippen LogP contribution in [0.25, 0.3) is 0 Å². The van der Waals surface area contributed by atoms with Crippen LogP contribution in [0, 0.1) is 11.3 Å². The molecule has 0 aliphatic rings. The van der Waals surface area contributed by atoms with Crippen molar-refractivity contribution in [2.45, 2.75) is 6.54 Å². The molecule has 4 nitrogen and oxygen atoms in total. The molecule has 0 spiro atoms. The second-order valence-electron chi connectivity index (χ2n) is 2.53. The van der Waals surface area contributed by atoms with Gasteiger partial charge < -0.3 is 15.0 Å². The van der Waals surface area contributed by atoms with Gasteiger partial charge in [-0.25, -0.2) is 0 Å². The van der Waals surface area contributed by atoms with Crippen molar-refractivity contribution >= 4 is 21.6 Å². The van der Waals surface area contributed by atoms with Gasteiger partial charge in [0.2, 0.25) is 0 Å². The molecule has 0 amide bonds. The molecule has 1 aromatic rings. The average Bonchev–Trinajstić information content (AvgIpc) is 2.40. The van der Waals surface area contributed by atoms with E-state index in [1.165, 1.54) is 0 Å². The number of methoxy groups -OCH3 is 1. The van der Waals surface area contributed by atoms with Crippen LogP contribution in [0.1, 0.15) is 5.69 Å². The number of aromatic nitrogens is 1. The molecule has 0 aromatic carbocycles. The number of hydrogen-bond donors (Lipinski definition) is 1. The van der Waals surface area contributed by atoms with E-state index in [2.05, 4.69) is 22.0 Å². The Morgan fingerprint density at radius 3 is 3.00 bits per heavy atom. The van der Waals surface area contributed by atoms with Crippen LogP contribution in [-0.2, 0) is 11.3 Å². The summed E-state index contributed by atoms with van der Waals surface area (Å²) in [4.78, 5) is 0. The highest BCUT2D eigenvalue weighted by Crippen LogP contribution is 2.23. The molecule has 1 aromatic heterocycles. The Hall–Kier alpha value is -0.990. The summed E-state index contributed by atoms with van der Waals surface area (Å²) in [5.41, 5.74) is 6.75. The molecule has 0 saturated heterocycles. The first kappa shape index (κ1) is 10.1.